The molecule has 1 atom stereocenters. The molecule has 0 radical (unpaired) electrons. The van der Waals surface area contributed by atoms with Crippen LogP contribution in [0.3, 0.4) is 0 Å². The van der Waals surface area contributed by atoms with Crippen molar-refractivity contribution >= 4 is 5.91 Å². The molecule has 36 heavy (non-hydrogen) atoms. The highest BCUT2D eigenvalue weighted by molar-refractivity contribution is 5.96. The summed E-state index contributed by atoms with van der Waals surface area (Å²) in [5.74, 6) is -0.509. The molecule has 1 aromatic heterocycles. The molecular formula is C29H27F2N3O2. The lowest BCUT2D eigenvalue weighted by atomic mass is 9.95. The number of carbonyl (C=O) groups excluding carboxylic acids is 1. The first kappa shape index (κ1) is 23.7. The van der Waals surface area contributed by atoms with E-state index in [-0.39, 0.29) is 29.3 Å². The monoisotopic (exact) mass is 487 g/mol. The van der Waals surface area contributed by atoms with Crippen LogP contribution in [-0.2, 0) is 6.54 Å². The molecule has 7 heteroatoms. The second-order valence-electron chi connectivity index (χ2n) is 9.51. The molecule has 0 spiro atoms. The topological polar surface area (TPSA) is 71.0 Å². The van der Waals surface area contributed by atoms with Crippen LogP contribution in [0.4, 0.5) is 8.78 Å². The van der Waals surface area contributed by atoms with Gasteiger partial charge in [-0.1, -0.05) is 18.2 Å². The maximum atomic E-state index is 13.9. The molecule has 1 heterocycles. The molecule has 2 N–H and O–H groups in total. The van der Waals surface area contributed by atoms with Crippen molar-refractivity contribution in [2.75, 3.05) is 0 Å². The van der Waals surface area contributed by atoms with Gasteiger partial charge in [-0.3, -0.25) is 14.8 Å². The zero-order valence-electron chi connectivity index (χ0n) is 20.1. The summed E-state index contributed by atoms with van der Waals surface area (Å²) < 4.78 is 34.4. The van der Waals surface area contributed by atoms with E-state index in [4.69, 9.17) is 9.83 Å². The number of oxazole rings is 1. The summed E-state index contributed by atoms with van der Waals surface area (Å²) in [6.07, 6.45) is 5.11. The lowest BCUT2D eigenvalue weighted by Gasteiger charge is -2.20. The van der Waals surface area contributed by atoms with E-state index in [0.717, 1.165) is 40.7 Å². The van der Waals surface area contributed by atoms with E-state index >= 15 is 0 Å². The van der Waals surface area contributed by atoms with E-state index in [2.05, 4.69) is 5.32 Å². The standard InChI is InChI=1S/C29H27F2N3O2/c1-17-12-24(30)6-7-25(17)22-13-19(16-34-9-10-36-29(34)32)14-23(15-22)28(35)33-27(20-3-4-20)21-5-8-26(31)18(2)11-21/h5-15,20,27,32H,3-4,16H2,1-2H3,(H,33,35)/t27-/m0/s1. The van der Waals surface area contributed by atoms with Gasteiger partial charge in [0.2, 0.25) is 0 Å². The lowest BCUT2D eigenvalue weighted by molar-refractivity contribution is 0.0931. The van der Waals surface area contributed by atoms with Gasteiger partial charge in [0.25, 0.3) is 11.6 Å². The number of rotatable bonds is 7. The normalized spacial score (nSPS) is 14.0. The Hall–Kier alpha value is -4.00. The Bertz CT molecular complexity index is 1500. The summed E-state index contributed by atoms with van der Waals surface area (Å²) in [4.78, 5) is 13.5. The number of nitrogens with one attached hydrogen (secondary N) is 2. The number of nitrogens with zero attached hydrogens (tertiary/aromatic N) is 1. The van der Waals surface area contributed by atoms with Crippen molar-refractivity contribution in [2.45, 2.75) is 39.3 Å². The van der Waals surface area contributed by atoms with Crippen molar-refractivity contribution in [3.63, 3.8) is 0 Å². The number of carbonyl (C=O) groups is 1. The Morgan fingerprint density at radius 3 is 2.56 bits per heavy atom. The smallest absolute Gasteiger partial charge is 0.293 e. The number of amides is 1. The van der Waals surface area contributed by atoms with Crippen LogP contribution in [0.5, 0.6) is 0 Å². The largest absolute Gasteiger partial charge is 0.432 e. The zero-order valence-corrected chi connectivity index (χ0v) is 20.1. The van der Waals surface area contributed by atoms with Crippen LogP contribution in [0.15, 0.2) is 71.5 Å². The van der Waals surface area contributed by atoms with Gasteiger partial charge in [0.1, 0.15) is 17.9 Å². The first-order chi connectivity index (χ1) is 17.3. The van der Waals surface area contributed by atoms with Gasteiger partial charge < -0.3 is 9.73 Å². The quantitative estimate of drug-likeness (QED) is 0.333. The number of aryl methyl sites for hydroxylation is 2. The first-order valence-electron chi connectivity index (χ1n) is 11.9. The molecule has 1 amide bonds. The van der Waals surface area contributed by atoms with Crippen LogP contribution in [0.25, 0.3) is 11.1 Å². The van der Waals surface area contributed by atoms with Crippen molar-refractivity contribution in [3.8, 4) is 11.1 Å². The average molecular weight is 488 g/mol. The molecule has 1 aliphatic carbocycles. The summed E-state index contributed by atoms with van der Waals surface area (Å²) in [6, 6.07) is 14.9. The Balaban J connectivity index is 1.52. The Morgan fingerprint density at radius 1 is 1.08 bits per heavy atom. The molecule has 0 aliphatic heterocycles. The third-order valence-corrected chi connectivity index (χ3v) is 6.71. The fourth-order valence-electron chi connectivity index (χ4n) is 4.63. The molecule has 1 fully saturated rings. The molecule has 0 saturated heterocycles. The Labute approximate surface area is 207 Å². The van der Waals surface area contributed by atoms with E-state index in [1.165, 1.54) is 24.5 Å². The third-order valence-electron chi connectivity index (χ3n) is 6.71. The molecule has 0 unspecified atom stereocenters. The third kappa shape index (κ3) is 5.00. The van der Waals surface area contributed by atoms with Gasteiger partial charge in [0, 0.05) is 11.8 Å². The summed E-state index contributed by atoms with van der Waals surface area (Å²) in [5, 5.41) is 11.1. The van der Waals surface area contributed by atoms with Gasteiger partial charge in [0.05, 0.1) is 12.6 Å². The van der Waals surface area contributed by atoms with E-state index in [1.54, 1.807) is 48.0 Å². The van der Waals surface area contributed by atoms with Crippen LogP contribution >= 0.6 is 0 Å². The van der Waals surface area contributed by atoms with Gasteiger partial charge >= 0.3 is 0 Å². The molecule has 184 valence electrons. The van der Waals surface area contributed by atoms with Crippen LogP contribution < -0.4 is 11.0 Å². The fourth-order valence-corrected chi connectivity index (χ4v) is 4.63. The molecule has 1 aliphatic rings. The maximum absolute atomic E-state index is 13.9. The number of hydrogen-bond acceptors (Lipinski definition) is 3. The Morgan fingerprint density at radius 2 is 1.89 bits per heavy atom. The highest BCUT2D eigenvalue weighted by Gasteiger charge is 2.34. The van der Waals surface area contributed by atoms with E-state index in [0.29, 0.717) is 23.6 Å². The second-order valence-corrected chi connectivity index (χ2v) is 9.51. The van der Waals surface area contributed by atoms with Crippen LogP contribution in [0.1, 0.15) is 51.5 Å². The summed E-state index contributed by atoms with van der Waals surface area (Å²) in [5.41, 5.74) is 5.08. The van der Waals surface area contributed by atoms with Crippen molar-refractivity contribution in [1.82, 2.24) is 9.88 Å². The Kier molecular flexibility index (Phi) is 6.31. The fraction of sp³-hybridized carbons (Fsp3) is 0.241. The van der Waals surface area contributed by atoms with E-state index in [1.807, 2.05) is 13.0 Å². The van der Waals surface area contributed by atoms with Crippen molar-refractivity contribution in [2.24, 2.45) is 5.92 Å². The maximum Gasteiger partial charge on any atom is 0.293 e. The van der Waals surface area contributed by atoms with Crippen LogP contribution in [-0.4, -0.2) is 10.5 Å². The van der Waals surface area contributed by atoms with Crippen molar-refractivity contribution in [3.05, 3.63) is 112 Å². The zero-order chi connectivity index (χ0) is 25.4. The number of aromatic nitrogens is 1. The SMILES string of the molecule is Cc1cc([C@@H](NC(=O)c2cc(Cn3ccoc3=N)cc(-c3ccc(F)cc3C)c2)C2CC2)ccc1F. The predicted molar refractivity (Wildman–Crippen MR) is 132 cm³/mol. The summed E-state index contributed by atoms with van der Waals surface area (Å²) in [6.45, 7) is 3.89. The molecule has 3 aromatic carbocycles. The van der Waals surface area contributed by atoms with Gasteiger partial charge in [-0.15, -0.1) is 0 Å². The summed E-state index contributed by atoms with van der Waals surface area (Å²) in [7, 11) is 0. The first-order valence-corrected chi connectivity index (χ1v) is 11.9. The average Bonchev–Trinajstić information content (AvgIpc) is 3.61. The van der Waals surface area contributed by atoms with Crippen LogP contribution in [0, 0.1) is 36.8 Å². The van der Waals surface area contributed by atoms with Gasteiger partial charge in [-0.25, -0.2) is 8.78 Å². The predicted octanol–water partition coefficient (Wildman–Crippen LogP) is 6.05. The minimum absolute atomic E-state index is 0.00449. The van der Waals surface area contributed by atoms with Gasteiger partial charge in [-0.2, -0.15) is 0 Å². The molecule has 5 rings (SSSR count). The summed E-state index contributed by atoms with van der Waals surface area (Å²) >= 11 is 0. The minimum Gasteiger partial charge on any atom is -0.432 e. The second kappa shape index (κ2) is 9.57. The van der Waals surface area contributed by atoms with Gasteiger partial charge in [0.15, 0.2) is 0 Å². The lowest BCUT2D eigenvalue weighted by Crippen LogP contribution is -2.30. The number of halogens is 2. The number of benzene rings is 3. The highest BCUT2D eigenvalue weighted by Crippen LogP contribution is 2.41. The van der Waals surface area contributed by atoms with Crippen LogP contribution in [0.2, 0.25) is 0 Å². The molecule has 5 nitrogen and oxygen atoms in total. The molecule has 0 bridgehead atoms. The molecule has 4 aromatic rings. The molecule has 1 saturated carbocycles. The molecular weight excluding hydrogens is 460 g/mol. The van der Waals surface area contributed by atoms with E-state index < -0.39 is 0 Å². The van der Waals surface area contributed by atoms with E-state index in [9.17, 15) is 13.6 Å². The van der Waals surface area contributed by atoms with Crippen molar-refractivity contribution in [1.29, 1.82) is 5.41 Å². The van der Waals surface area contributed by atoms with Crippen molar-refractivity contribution < 1.29 is 18.0 Å². The van der Waals surface area contributed by atoms with Gasteiger partial charge in [-0.05, 0) is 102 Å². The number of hydrogen-bond donors (Lipinski definition) is 2. The minimum atomic E-state index is -0.319. The highest BCUT2D eigenvalue weighted by atomic mass is 19.1.